The van der Waals surface area contributed by atoms with Gasteiger partial charge in [-0.2, -0.15) is 0 Å². The van der Waals surface area contributed by atoms with Gasteiger partial charge in [-0.15, -0.1) is 0 Å². The van der Waals surface area contributed by atoms with E-state index in [-0.39, 0.29) is 18.1 Å². The summed E-state index contributed by atoms with van der Waals surface area (Å²) in [5.41, 5.74) is 0. The summed E-state index contributed by atoms with van der Waals surface area (Å²) >= 11 is 0. The van der Waals surface area contributed by atoms with Gasteiger partial charge in [-0.3, -0.25) is 9.69 Å². The van der Waals surface area contributed by atoms with Gasteiger partial charge in [-0.05, 0) is 44.4 Å². The summed E-state index contributed by atoms with van der Waals surface area (Å²) in [6.45, 7) is 6.81. The molecule has 1 unspecified atom stereocenters. The standard InChI is InChI=1S/C16H29NO3/c1-12(2)15(17-10-4-5-11-17)20-14-8-6-13(7-9-14)16(18)19-3/h12-15H,4-11H2,1-3H3/t13-,14-,15?. The number of likely N-dealkylation sites (tertiary alicyclic amines) is 1. The van der Waals surface area contributed by atoms with Crippen LogP contribution in [-0.4, -0.2) is 43.4 Å². The molecule has 0 N–H and O–H groups in total. The third kappa shape index (κ3) is 3.95. The molecule has 2 fully saturated rings. The maximum Gasteiger partial charge on any atom is 0.308 e. The molecule has 2 rings (SSSR count). The molecule has 0 bridgehead atoms. The zero-order valence-corrected chi connectivity index (χ0v) is 13.1. The molecular weight excluding hydrogens is 254 g/mol. The van der Waals surface area contributed by atoms with Crippen molar-refractivity contribution in [2.45, 2.75) is 64.7 Å². The topological polar surface area (TPSA) is 38.8 Å². The Bertz CT molecular complexity index is 305. The Balaban J connectivity index is 1.82. The summed E-state index contributed by atoms with van der Waals surface area (Å²) in [6, 6.07) is 0. The lowest BCUT2D eigenvalue weighted by Crippen LogP contribution is -2.42. The number of hydrogen-bond acceptors (Lipinski definition) is 4. The third-order valence-electron chi connectivity index (χ3n) is 4.61. The van der Waals surface area contributed by atoms with E-state index in [1.54, 1.807) is 0 Å². The van der Waals surface area contributed by atoms with Crippen molar-refractivity contribution in [3.8, 4) is 0 Å². The maximum absolute atomic E-state index is 11.5. The van der Waals surface area contributed by atoms with Crippen molar-refractivity contribution < 1.29 is 14.3 Å². The lowest BCUT2D eigenvalue weighted by Gasteiger charge is -2.36. The molecule has 4 heteroatoms. The van der Waals surface area contributed by atoms with E-state index in [2.05, 4.69) is 18.7 Å². The Morgan fingerprint density at radius 1 is 1.10 bits per heavy atom. The van der Waals surface area contributed by atoms with Crippen LogP contribution in [0.3, 0.4) is 0 Å². The van der Waals surface area contributed by atoms with Crippen molar-refractivity contribution >= 4 is 5.97 Å². The molecular formula is C16H29NO3. The molecule has 1 atom stereocenters. The van der Waals surface area contributed by atoms with Gasteiger partial charge in [-0.1, -0.05) is 13.8 Å². The summed E-state index contributed by atoms with van der Waals surface area (Å²) in [6.07, 6.45) is 6.92. The minimum atomic E-state index is -0.0524. The average Bonchev–Trinajstić information content (AvgIpc) is 2.98. The predicted molar refractivity (Wildman–Crippen MR) is 78.3 cm³/mol. The fourth-order valence-corrected chi connectivity index (χ4v) is 3.46. The van der Waals surface area contributed by atoms with Crippen molar-refractivity contribution in [3.63, 3.8) is 0 Å². The molecule has 1 aliphatic carbocycles. The van der Waals surface area contributed by atoms with Crippen LogP contribution < -0.4 is 0 Å². The van der Waals surface area contributed by atoms with Gasteiger partial charge in [0.15, 0.2) is 0 Å². The van der Waals surface area contributed by atoms with Crippen molar-refractivity contribution in [1.29, 1.82) is 0 Å². The van der Waals surface area contributed by atoms with Crippen LogP contribution in [0.2, 0.25) is 0 Å². The minimum absolute atomic E-state index is 0.0524. The van der Waals surface area contributed by atoms with Crippen LogP contribution in [-0.2, 0) is 14.3 Å². The molecule has 0 amide bonds. The van der Waals surface area contributed by atoms with Crippen LogP contribution in [0.5, 0.6) is 0 Å². The fraction of sp³-hybridized carbons (Fsp3) is 0.938. The number of carbonyl (C=O) groups is 1. The molecule has 1 saturated heterocycles. The molecule has 0 aromatic carbocycles. The van der Waals surface area contributed by atoms with Crippen molar-refractivity contribution in [2.75, 3.05) is 20.2 Å². The van der Waals surface area contributed by atoms with Gasteiger partial charge in [-0.25, -0.2) is 0 Å². The summed E-state index contributed by atoms with van der Waals surface area (Å²) < 4.78 is 11.2. The Morgan fingerprint density at radius 2 is 1.70 bits per heavy atom. The largest absolute Gasteiger partial charge is 0.469 e. The number of hydrogen-bond donors (Lipinski definition) is 0. The highest BCUT2D eigenvalue weighted by molar-refractivity contribution is 5.72. The van der Waals surface area contributed by atoms with Crippen LogP contribution in [0.1, 0.15) is 52.4 Å². The number of rotatable bonds is 5. The molecule has 1 heterocycles. The minimum Gasteiger partial charge on any atom is -0.469 e. The van der Waals surface area contributed by atoms with Crippen molar-refractivity contribution in [3.05, 3.63) is 0 Å². The molecule has 0 radical (unpaired) electrons. The van der Waals surface area contributed by atoms with Gasteiger partial charge < -0.3 is 9.47 Å². The first kappa shape index (κ1) is 15.8. The van der Waals surface area contributed by atoms with Crippen LogP contribution in [0.15, 0.2) is 0 Å². The number of carbonyl (C=O) groups excluding carboxylic acids is 1. The monoisotopic (exact) mass is 283 g/mol. The predicted octanol–water partition coefficient (Wildman–Crippen LogP) is 2.81. The van der Waals surface area contributed by atoms with Crippen LogP contribution in [0.4, 0.5) is 0 Å². The molecule has 0 aromatic heterocycles. The Hall–Kier alpha value is -0.610. The first-order chi connectivity index (χ1) is 9.61. The number of ether oxygens (including phenoxy) is 2. The first-order valence-electron chi connectivity index (χ1n) is 8.09. The van der Waals surface area contributed by atoms with Crippen molar-refractivity contribution in [1.82, 2.24) is 4.90 Å². The van der Waals surface area contributed by atoms with Crippen LogP contribution in [0.25, 0.3) is 0 Å². The van der Waals surface area contributed by atoms with Gasteiger partial charge in [0.05, 0.1) is 19.1 Å². The van der Waals surface area contributed by atoms with E-state index in [1.165, 1.54) is 33.0 Å². The van der Waals surface area contributed by atoms with Gasteiger partial charge >= 0.3 is 5.97 Å². The number of esters is 1. The quantitative estimate of drug-likeness (QED) is 0.727. The highest BCUT2D eigenvalue weighted by atomic mass is 16.5. The molecule has 1 saturated carbocycles. The molecule has 4 nitrogen and oxygen atoms in total. The third-order valence-corrected chi connectivity index (χ3v) is 4.61. The van der Waals surface area contributed by atoms with E-state index in [0.717, 1.165) is 25.7 Å². The molecule has 1 aliphatic heterocycles. The molecule has 0 aromatic rings. The van der Waals surface area contributed by atoms with E-state index in [4.69, 9.17) is 9.47 Å². The Labute approximate surface area is 122 Å². The lowest BCUT2D eigenvalue weighted by atomic mass is 9.87. The highest BCUT2D eigenvalue weighted by Crippen LogP contribution is 2.30. The maximum atomic E-state index is 11.5. The summed E-state index contributed by atoms with van der Waals surface area (Å²) in [5, 5.41) is 0. The molecule has 20 heavy (non-hydrogen) atoms. The second kappa shape index (κ2) is 7.41. The van der Waals surface area contributed by atoms with Gasteiger partial charge in [0, 0.05) is 13.1 Å². The van der Waals surface area contributed by atoms with Gasteiger partial charge in [0.2, 0.25) is 0 Å². The van der Waals surface area contributed by atoms with E-state index in [1.807, 2.05) is 0 Å². The smallest absolute Gasteiger partial charge is 0.308 e. The van der Waals surface area contributed by atoms with E-state index < -0.39 is 0 Å². The molecule has 2 aliphatic rings. The summed E-state index contributed by atoms with van der Waals surface area (Å²) in [4.78, 5) is 14.0. The second-order valence-corrected chi connectivity index (χ2v) is 6.51. The second-order valence-electron chi connectivity index (χ2n) is 6.51. The van der Waals surface area contributed by atoms with Crippen LogP contribution in [0, 0.1) is 11.8 Å². The lowest BCUT2D eigenvalue weighted by molar-refractivity contribution is -0.151. The van der Waals surface area contributed by atoms with Crippen molar-refractivity contribution in [2.24, 2.45) is 11.8 Å². The summed E-state index contributed by atoms with van der Waals surface area (Å²) in [7, 11) is 1.48. The van der Waals surface area contributed by atoms with Gasteiger partial charge in [0.1, 0.15) is 6.23 Å². The Kier molecular flexibility index (Phi) is 5.85. The normalized spacial score (nSPS) is 29.6. The fourth-order valence-electron chi connectivity index (χ4n) is 3.46. The van der Waals surface area contributed by atoms with E-state index >= 15 is 0 Å². The first-order valence-corrected chi connectivity index (χ1v) is 8.09. The van der Waals surface area contributed by atoms with E-state index in [0.29, 0.717) is 12.0 Å². The van der Waals surface area contributed by atoms with E-state index in [9.17, 15) is 4.79 Å². The zero-order valence-electron chi connectivity index (χ0n) is 13.1. The number of methoxy groups -OCH3 is 1. The zero-order chi connectivity index (χ0) is 14.5. The average molecular weight is 283 g/mol. The summed E-state index contributed by atoms with van der Waals surface area (Å²) in [5.74, 6) is 0.555. The molecule has 116 valence electrons. The number of nitrogens with zero attached hydrogens (tertiary/aromatic N) is 1. The Morgan fingerprint density at radius 3 is 2.20 bits per heavy atom. The SMILES string of the molecule is COC(=O)[C@H]1CC[C@H](OC(C(C)C)N2CCCC2)CC1. The van der Waals surface area contributed by atoms with Gasteiger partial charge in [0.25, 0.3) is 0 Å². The highest BCUT2D eigenvalue weighted by Gasteiger charge is 2.32. The molecule has 0 spiro atoms. The van der Waals surface area contributed by atoms with Crippen LogP contribution >= 0.6 is 0 Å².